The third-order valence-corrected chi connectivity index (χ3v) is 8.42. The normalized spacial score (nSPS) is 15.7. The predicted octanol–water partition coefficient (Wildman–Crippen LogP) is 4.34. The summed E-state index contributed by atoms with van der Waals surface area (Å²) in [6, 6.07) is 9.13. The van der Waals surface area contributed by atoms with Crippen LogP contribution in [0.15, 0.2) is 52.3 Å². The van der Waals surface area contributed by atoms with Gasteiger partial charge in [-0.2, -0.15) is 17.5 Å². The first-order valence-corrected chi connectivity index (χ1v) is 13.2. The number of hydrogen-bond donors (Lipinski definition) is 1. The summed E-state index contributed by atoms with van der Waals surface area (Å²) in [5.41, 5.74) is 0.509. The van der Waals surface area contributed by atoms with Gasteiger partial charge in [-0.15, -0.1) is 0 Å². The fraction of sp³-hybridized carbons (Fsp3) is 0.429. The molecule has 0 atom stereocenters. The van der Waals surface area contributed by atoms with E-state index in [2.05, 4.69) is 4.72 Å². The summed E-state index contributed by atoms with van der Waals surface area (Å²) in [7, 11) is -8.17. The number of nitrogens with zero attached hydrogens (tertiary/aromatic N) is 1. The number of rotatable bonds is 8. The molecule has 1 saturated heterocycles. The number of alkyl halides is 3. The number of anilines is 1. The molecular formula is C21H25F3N2O5S2. The zero-order chi connectivity index (χ0) is 24.4. The molecule has 2 aromatic carbocycles. The van der Waals surface area contributed by atoms with Crippen molar-refractivity contribution in [3.8, 4) is 5.75 Å². The molecular weight excluding hydrogens is 481 g/mol. The molecule has 12 heteroatoms. The van der Waals surface area contributed by atoms with Gasteiger partial charge in [-0.3, -0.25) is 4.72 Å². The van der Waals surface area contributed by atoms with E-state index in [1.165, 1.54) is 16.4 Å². The van der Waals surface area contributed by atoms with Gasteiger partial charge in [0.1, 0.15) is 5.75 Å². The number of nitrogens with one attached hydrogen (secondary N) is 1. The Morgan fingerprint density at radius 2 is 1.55 bits per heavy atom. The number of benzene rings is 2. The average molecular weight is 507 g/mol. The summed E-state index contributed by atoms with van der Waals surface area (Å²) in [6.07, 6.45) is -3.28. The van der Waals surface area contributed by atoms with Crippen molar-refractivity contribution in [1.82, 2.24) is 4.31 Å². The Morgan fingerprint density at radius 3 is 2.09 bits per heavy atom. The lowest BCUT2D eigenvalue weighted by atomic mass is 10.0. The van der Waals surface area contributed by atoms with Gasteiger partial charge in [0, 0.05) is 13.1 Å². The van der Waals surface area contributed by atoms with Gasteiger partial charge >= 0.3 is 6.18 Å². The smallest absolute Gasteiger partial charge is 0.422 e. The molecule has 182 valence electrons. The molecule has 33 heavy (non-hydrogen) atoms. The Balaban J connectivity index is 1.98. The van der Waals surface area contributed by atoms with Crippen molar-refractivity contribution in [2.45, 2.75) is 48.6 Å². The Labute approximate surface area is 191 Å². The van der Waals surface area contributed by atoms with Crippen LogP contribution in [0.3, 0.4) is 0 Å². The molecule has 0 radical (unpaired) electrons. The van der Waals surface area contributed by atoms with E-state index in [1.54, 1.807) is 12.1 Å². The molecule has 1 N–H and O–H groups in total. The summed E-state index contributed by atoms with van der Waals surface area (Å²) in [6.45, 7) is 2.86. The van der Waals surface area contributed by atoms with Crippen molar-refractivity contribution < 1.29 is 34.7 Å². The molecule has 1 aliphatic rings. The summed E-state index contributed by atoms with van der Waals surface area (Å²) >= 11 is 0. The monoisotopic (exact) mass is 506 g/mol. The minimum Gasteiger partial charge on any atom is -0.482 e. The van der Waals surface area contributed by atoms with Crippen LogP contribution in [0, 0.1) is 0 Å². The van der Waals surface area contributed by atoms with Crippen LogP contribution in [-0.4, -0.2) is 47.0 Å². The maximum absolute atomic E-state index is 12.9. The highest BCUT2D eigenvalue weighted by molar-refractivity contribution is 7.92. The van der Waals surface area contributed by atoms with Crippen molar-refractivity contribution >= 4 is 25.7 Å². The first-order valence-electron chi connectivity index (χ1n) is 10.3. The molecule has 0 unspecified atom stereocenters. The lowest BCUT2D eigenvalue weighted by Gasteiger charge is -2.19. The molecule has 0 aromatic heterocycles. The van der Waals surface area contributed by atoms with Crippen molar-refractivity contribution in [1.29, 1.82) is 0 Å². The van der Waals surface area contributed by atoms with Crippen LogP contribution in [0.4, 0.5) is 18.9 Å². The van der Waals surface area contributed by atoms with E-state index in [0.717, 1.165) is 23.8 Å². The summed E-state index contributed by atoms with van der Waals surface area (Å²) in [5.74, 6) is -0.264. The van der Waals surface area contributed by atoms with Crippen molar-refractivity contribution in [2.24, 2.45) is 0 Å². The predicted molar refractivity (Wildman–Crippen MR) is 117 cm³/mol. The topological polar surface area (TPSA) is 92.8 Å². The van der Waals surface area contributed by atoms with Gasteiger partial charge in [0.05, 0.1) is 15.5 Å². The molecule has 1 heterocycles. The van der Waals surface area contributed by atoms with Crippen molar-refractivity contribution in [3.63, 3.8) is 0 Å². The second-order valence-electron chi connectivity index (χ2n) is 8.00. The summed E-state index contributed by atoms with van der Waals surface area (Å²) in [5, 5.41) is 0. The highest BCUT2D eigenvalue weighted by atomic mass is 32.2. The average Bonchev–Trinajstić information content (AvgIpc) is 3.28. The Bertz CT molecular complexity index is 1190. The van der Waals surface area contributed by atoms with Crippen molar-refractivity contribution in [3.05, 3.63) is 48.0 Å². The van der Waals surface area contributed by atoms with Crippen LogP contribution in [0.1, 0.15) is 38.2 Å². The fourth-order valence-electron chi connectivity index (χ4n) is 3.35. The molecule has 0 aliphatic carbocycles. The van der Waals surface area contributed by atoms with E-state index in [9.17, 15) is 30.0 Å². The fourth-order valence-corrected chi connectivity index (χ4v) is 5.95. The molecule has 7 nitrogen and oxygen atoms in total. The highest BCUT2D eigenvalue weighted by Gasteiger charge is 2.31. The van der Waals surface area contributed by atoms with E-state index >= 15 is 0 Å². The van der Waals surface area contributed by atoms with Gasteiger partial charge in [-0.05, 0) is 54.7 Å². The second-order valence-corrected chi connectivity index (χ2v) is 11.6. The maximum Gasteiger partial charge on any atom is 0.422 e. The Hall–Kier alpha value is -2.31. The van der Waals surface area contributed by atoms with E-state index in [4.69, 9.17) is 4.74 Å². The summed E-state index contributed by atoms with van der Waals surface area (Å²) < 4.78 is 97.8. The highest BCUT2D eigenvalue weighted by Crippen LogP contribution is 2.33. The van der Waals surface area contributed by atoms with Gasteiger partial charge in [0.15, 0.2) is 6.61 Å². The first kappa shape index (κ1) is 25.3. The number of ether oxygens (including phenoxy) is 1. The summed E-state index contributed by atoms with van der Waals surface area (Å²) in [4.78, 5) is -0.363. The van der Waals surface area contributed by atoms with Gasteiger partial charge in [0.2, 0.25) is 10.0 Å². The van der Waals surface area contributed by atoms with Gasteiger partial charge in [-0.25, -0.2) is 16.8 Å². The van der Waals surface area contributed by atoms with Crippen LogP contribution in [0.5, 0.6) is 5.75 Å². The zero-order valence-electron chi connectivity index (χ0n) is 18.1. The molecule has 0 saturated carbocycles. The van der Waals surface area contributed by atoms with Crippen LogP contribution in [-0.2, 0) is 20.0 Å². The lowest BCUT2D eigenvalue weighted by molar-refractivity contribution is -0.153. The Morgan fingerprint density at radius 1 is 0.970 bits per heavy atom. The quantitative estimate of drug-likeness (QED) is 0.575. The molecule has 0 spiro atoms. The van der Waals surface area contributed by atoms with Crippen LogP contribution in [0.25, 0.3) is 0 Å². The second kappa shape index (κ2) is 9.51. The number of halogens is 3. The van der Waals surface area contributed by atoms with E-state index in [0.29, 0.717) is 25.9 Å². The van der Waals surface area contributed by atoms with Gasteiger partial charge in [-0.1, -0.05) is 26.0 Å². The SMILES string of the molecule is CC(C)c1ccc(S(=O)(=O)Nc2cc(S(=O)(=O)N3CCCC3)ccc2OCC(F)(F)F)cc1. The van der Waals surface area contributed by atoms with E-state index < -0.39 is 44.3 Å². The minimum absolute atomic E-state index is 0.124. The third kappa shape index (κ3) is 6.18. The van der Waals surface area contributed by atoms with Crippen LogP contribution >= 0.6 is 0 Å². The van der Waals surface area contributed by atoms with Crippen LogP contribution < -0.4 is 9.46 Å². The Kier molecular flexibility index (Phi) is 7.30. The van der Waals surface area contributed by atoms with Crippen LogP contribution in [0.2, 0.25) is 0 Å². The maximum atomic E-state index is 12.9. The lowest BCUT2D eigenvalue weighted by Crippen LogP contribution is -2.28. The number of hydrogen-bond acceptors (Lipinski definition) is 5. The van der Waals surface area contributed by atoms with E-state index in [-0.39, 0.29) is 15.7 Å². The molecule has 1 aliphatic heterocycles. The van der Waals surface area contributed by atoms with E-state index in [1.807, 2.05) is 13.8 Å². The molecule has 0 bridgehead atoms. The van der Waals surface area contributed by atoms with Gasteiger partial charge in [0.25, 0.3) is 10.0 Å². The third-order valence-electron chi connectivity index (χ3n) is 5.15. The standard InChI is InChI=1S/C21H25F3N2O5S2/c1-15(2)16-5-7-17(8-6-16)32(27,28)25-19-13-18(33(29,30)26-11-3-4-12-26)9-10-20(19)31-14-21(22,23)24/h5-10,13,15,25H,3-4,11-12,14H2,1-2H3. The minimum atomic E-state index is -4.66. The molecule has 1 fully saturated rings. The van der Waals surface area contributed by atoms with Gasteiger partial charge < -0.3 is 4.74 Å². The molecule has 3 rings (SSSR count). The molecule has 2 aromatic rings. The number of sulfonamides is 2. The zero-order valence-corrected chi connectivity index (χ0v) is 19.7. The largest absolute Gasteiger partial charge is 0.482 e. The molecule has 0 amide bonds. The van der Waals surface area contributed by atoms with Crippen molar-refractivity contribution in [2.75, 3.05) is 24.4 Å². The first-order chi connectivity index (χ1) is 15.3.